The summed E-state index contributed by atoms with van der Waals surface area (Å²) in [4.78, 5) is 23.0. The van der Waals surface area contributed by atoms with Crippen LogP contribution in [0.1, 0.15) is 25.3 Å². The highest BCUT2D eigenvalue weighted by Gasteiger charge is 2.30. The van der Waals surface area contributed by atoms with Crippen LogP contribution < -0.4 is 10.6 Å². The molecule has 0 spiro atoms. The lowest BCUT2D eigenvalue weighted by Crippen LogP contribution is -2.35. The van der Waals surface area contributed by atoms with Crippen molar-refractivity contribution in [1.82, 2.24) is 5.32 Å². The summed E-state index contributed by atoms with van der Waals surface area (Å²) >= 11 is 0. The van der Waals surface area contributed by atoms with Gasteiger partial charge in [-0.2, -0.15) is 0 Å². The van der Waals surface area contributed by atoms with Gasteiger partial charge in [0.2, 0.25) is 5.91 Å². The maximum absolute atomic E-state index is 11.6. The fraction of sp³-hybridized carbons (Fsp3) is 0.385. The zero-order chi connectivity index (χ0) is 12.3. The molecule has 2 N–H and O–H groups in total. The number of para-hydroxylation sites is 1. The van der Waals surface area contributed by atoms with Crippen LogP contribution in [0.25, 0.3) is 0 Å². The smallest absolute Gasteiger partial charge is 0.307 e. The van der Waals surface area contributed by atoms with E-state index in [1.807, 2.05) is 31.2 Å². The minimum Gasteiger partial charge on any atom is -0.307 e. The average molecular weight is 232 g/mol. The van der Waals surface area contributed by atoms with Crippen molar-refractivity contribution >= 4 is 17.6 Å². The van der Waals surface area contributed by atoms with Crippen molar-refractivity contribution in [3.05, 3.63) is 29.8 Å². The summed E-state index contributed by atoms with van der Waals surface area (Å²) in [5, 5.41) is 5.06. The van der Waals surface area contributed by atoms with E-state index in [1.165, 1.54) is 0 Å². The number of aryl methyl sites for hydroxylation is 1. The molecule has 1 aliphatic rings. The number of hydrogen-bond acceptors (Lipinski definition) is 2. The molecule has 3 amide bonds. The van der Waals surface area contributed by atoms with Crippen LogP contribution in [-0.2, 0) is 11.2 Å². The molecule has 90 valence electrons. The van der Waals surface area contributed by atoms with Gasteiger partial charge in [0.15, 0.2) is 0 Å². The van der Waals surface area contributed by atoms with Crippen LogP contribution in [0.2, 0.25) is 0 Å². The molecule has 0 bridgehead atoms. The predicted molar refractivity (Wildman–Crippen MR) is 65.7 cm³/mol. The molecule has 0 atom stereocenters. The zero-order valence-electron chi connectivity index (χ0n) is 9.82. The average Bonchev–Trinajstić information content (AvgIpc) is 3.13. The van der Waals surface area contributed by atoms with Crippen LogP contribution in [0.4, 0.5) is 10.5 Å². The van der Waals surface area contributed by atoms with Crippen molar-refractivity contribution in [2.75, 3.05) is 5.32 Å². The number of rotatable bonds is 3. The molecule has 0 aromatic heterocycles. The lowest BCUT2D eigenvalue weighted by Gasteiger charge is -2.09. The molecule has 1 aromatic rings. The fourth-order valence-corrected chi connectivity index (χ4v) is 1.66. The first-order valence-electron chi connectivity index (χ1n) is 5.90. The lowest BCUT2D eigenvalue weighted by molar-refractivity contribution is -0.121. The standard InChI is InChI=1S/C13H16N2O2/c1-2-9-5-3-4-6-11(9)14-13(17)15-12(16)10-7-8-10/h3-6,10H,2,7-8H2,1H3,(H2,14,15,16,17). The number of nitrogens with one attached hydrogen (secondary N) is 2. The van der Waals surface area contributed by atoms with Crippen LogP contribution in [0.5, 0.6) is 0 Å². The van der Waals surface area contributed by atoms with Gasteiger partial charge in [-0.05, 0) is 30.9 Å². The topological polar surface area (TPSA) is 58.2 Å². The van der Waals surface area contributed by atoms with Crippen molar-refractivity contribution in [3.8, 4) is 0 Å². The van der Waals surface area contributed by atoms with E-state index in [4.69, 9.17) is 0 Å². The van der Waals surface area contributed by atoms with E-state index in [0.717, 1.165) is 30.5 Å². The number of carbonyl (C=O) groups is 2. The number of anilines is 1. The molecule has 2 rings (SSSR count). The van der Waals surface area contributed by atoms with Gasteiger partial charge in [0.05, 0.1) is 0 Å². The lowest BCUT2D eigenvalue weighted by atomic mass is 10.1. The Balaban J connectivity index is 1.95. The van der Waals surface area contributed by atoms with Crippen molar-refractivity contribution in [2.45, 2.75) is 26.2 Å². The van der Waals surface area contributed by atoms with Gasteiger partial charge in [0, 0.05) is 11.6 Å². The third-order valence-corrected chi connectivity index (χ3v) is 2.83. The Hall–Kier alpha value is -1.84. The first-order valence-corrected chi connectivity index (χ1v) is 5.90. The summed E-state index contributed by atoms with van der Waals surface area (Å²) in [5.41, 5.74) is 1.82. The summed E-state index contributed by atoms with van der Waals surface area (Å²) in [6.07, 6.45) is 2.63. The van der Waals surface area contributed by atoms with Gasteiger partial charge >= 0.3 is 6.03 Å². The van der Waals surface area contributed by atoms with Crippen LogP contribution in [0.3, 0.4) is 0 Å². The Labute approximate surface area is 100 Å². The second-order valence-electron chi connectivity index (χ2n) is 4.23. The molecule has 4 heteroatoms. The van der Waals surface area contributed by atoms with E-state index in [9.17, 15) is 9.59 Å². The van der Waals surface area contributed by atoms with Gasteiger partial charge in [-0.25, -0.2) is 4.79 Å². The Bertz CT molecular complexity index is 439. The van der Waals surface area contributed by atoms with E-state index >= 15 is 0 Å². The van der Waals surface area contributed by atoms with Crippen molar-refractivity contribution < 1.29 is 9.59 Å². The van der Waals surface area contributed by atoms with Crippen LogP contribution in [0.15, 0.2) is 24.3 Å². The van der Waals surface area contributed by atoms with Gasteiger partial charge in [-0.3, -0.25) is 10.1 Å². The summed E-state index contributed by atoms with van der Waals surface area (Å²) in [7, 11) is 0. The molecular formula is C13H16N2O2. The van der Waals surface area contributed by atoms with E-state index in [1.54, 1.807) is 0 Å². The van der Waals surface area contributed by atoms with E-state index in [2.05, 4.69) is 10.6 Å². The van der Waals surface area contributed by atoms with E-state index in [-0.39, 0.29) is 11.8 Å². The number of urea groups is 1. The molecule has 17 heavy (non-hydrogen) atoms. The number of hydrogen-bond donors (Lipinski definition) is 2. The Morgan fingerprint density at radius 1 is 1.29 bits per heavy atom. The van der Waals surface area contributed by atoms with Crippen LogP contribution in [-0.4, -0.2) is 11.9 Å². The number of amides is 3. The molecule has 0 radical (unpaired) electrons. The molecule has 1 aliphatic carbocycles. The summed E-state index contributed by atoms with van der Waals surface area (Å²) < 4.78 is 0. The Kier molecular flexibility index (Phi) is 3.42. The molecule has 4 nitrogen and oxygen atoms in total. The highest BCUT2D eigenvalue weighted by atomic mass is 16.2. The van der Waals surface area contributed by atoms with Crippen molar-refractivity contribution in [2.24, 2.45) is 5.92 Å². The van der Waals surface area contributed by atoms with Crippen LogP contribution in [0, 0.1) is 5.92 Å². The van der Waals surface area contributed by atoms with E-state index in [0.29, 0.717) is 0 Å². The molecule has 1 saturated carbocycles. The normalized spacial score (nSPS) is 14.2. The van der Waals surface area contributed by atoms with Gasteiger partial charge < -0.3 is 5.32 Å². The third kappa shape index (κ3) is 3.06. The maximum atomic E-state index is 11.6. The van der Waals surface area contributed by atoms with Gasteiger partial charge in [0.25, 0.3) is 0 Å². The minimum absolute atomic E-state index is 0.0437. The van der Waals surface area contributed by atoms with Gasteiger partial charge in [-0.1, -0.05) is 25.1 Å². The van der Waals surface area contributed by atoms with Crippen molar-refractivity contribution in [1.29, 1.82) is 0 Å². The number of benzene rings is 1. The Morgan fingerprint density at radius 3 is 2.65 bits per heavy atom. The largest absolute Gasteiger partial charge is 0.325 e. The second kappa shape index (κ2) is 4.99. The summed E-state index contributed by atoms with van der Waals surface area (Å²) in [5.74, 6) is -0.126. The maximum Gasteiger partial charge on any atom is 0.325 e. The second-order valence-corrected chi connectivity index (χ2v) is 4.23. The molecule has 0 saturated heterocycles. The monoisotopic (exact) mass is 232 g/mol. The van der Waals surface area contributed by atoms with Gasteiger partial charge in [0.1, 0.15) is 0 Å². The highest BCUT2D eigenvalue weighted by Crippen LogP contribution is 2.28. The van der Waals surface area contributed by atoms with Crippen molar-refractivity contribution in [3.63, 3.8) is 0 Å². The molecule has 0 heterocycles. The molecule has 0 aliphatic heterocycles. The zero-order valence-corrected chi connectivity index (χ0v) is 9.82. The van der Waals surface area contributed by atoms with E-state index < -0.39 is 6.03 Å². The van der Waals surface area contributed by atoms with Crippen LogP contribution >= 0.6 is 0 Å². The quantitative estimate of drug-likeness (QED) is 0.840. The predicted octanol–water partition coefficient (Wildman–Crippen LogP) is 2.31. The minimum atomic E-state index is -0.442. The fourth-order valence-electron chi connectivity index (χ4n) is 1.66. The first kappa shape index (κ1) is 11.6. The molecular weight excluding hydrogens is 216 g/mol. The summed E-state index contributed by atoms with van der Waals surface area (Å²) in [6, 6.07) is 7.13. The third-order valence-electron chi connectivity index (χ3n) is 2.83. The first-order chi connectivity index (χ1) is 8.20. The Morgan fingerprint density at radius 2 is 2.00 bits per heavy atom. The highest BCUT2D eigenvalue weighted by molar-refractivity contribution is 6.02. The summed E-state index contributed by atoms with van der Waals surface area (Å²) in [6.45, 7) is 2.02. The number of imide groups is 1. The molecule has 1 aromatic carbocycles. The molecule has 1 fully saturated rings. The number of carbonyl (C=O) groups excluding carboxylic acids is 2. The SMILES string of the molecule is CCc1ccccc1NC(=O)NC(=O)C1CC1. The van der Waals surface area contributed by atoms with Gasteiger partial charge in [-0.15, -0.1) is 0 Å². The molecule has 0 unspecified atom stereocenters.